The van der Waals surface area contributed by atoms with Gasteiger partial charge in [0.2, 0.25) is 5.91 Å². The zero-order valence-corrected chi connectivity index (χ0v) is 12.2. The van der Waals surface area contributed by atoms with Crippen molar-refractivity contribution in [3.63, 3.8) is 0 Å². The third-order valence-electron chi connectivity index (χ3n) is 3.76. The molecular formula is C14H21N3O2S. The molecule has 0 aromatic carbocycles. The number of aryl methyl sites for hydroxylation is 1. The predicted octanol–water partition coefficient (Wildman–Crippen LogP) is 2.10. The van der Waals surface area contributed by atoms with E-state index < -0.39 is 0 Å². The summed E-state index contributed by atoms with van der Waals surface area (Å²) >= 11 is 1.72. The summed E-state index contributed by atoms with van der Waals surface area (Å²) in [5.41, 5.74) is 5.66. The van der Waals surface area contributed by atoms with E-state index in [0.717, 1.165) is 32.1 Å². The van der Waals surface area contributed by atoms with E-state index in [9.17, 15) is 4.79 Å². The highest BCUT2D eigenvalue weighted by Gasteiger charge is 2.31. The number of nitrogens with two attached hydrogens (primary N) is 1. The first-order valence-electron chi connectivity index (χ1n) is 7.00. The Labute approximate surface area is 122 Å². The molecule has 4 N–H and O–H groups in total. The molecule has 1 aromatic heterocycles. The SMILES string of the molecule is NC(=NO)C1CCCC1NC(=O)CCCc1cccs1. The van der Waals surface area contributed by atoms with Crippen LogP contribution in [0.15, 0.2) is 22.7 Å². The number of carbonyl (C=O) groups excluding carboxylic acids is 1. The maximum atomic E-state index is 11.9. The van der Waals surface area contributed by atoms with Gasteiger partial charge in [0.25, 0.3) is 0 Å². The van der Waals surface area contributed by atoms with Crippen LogP contribution in [0, 0.1) is 5.92 Å². The van der Waals surface area contributed by atoms with E-state index in [2.05, 4.69) is 21.9 Å². The van der Waals surface area contributed by atoms with E-state index in [-0.39, 0.29) is 23.7 Å². The van der Waals surface area contributed by atoms with Gasteiger partial charge in [-0.3, -0.25) is 4.79 Å². The minimum absolute atomic E-state index is 0.0140. The fourth-order valence-corrected chi connectivity index (χ4v) is 3.47. The Morgan fingerprint density at radius 2 is 2.40 bits per heavy atom. The van der Waals surface area contributed by atoms with Crippen LogP contribution in [0.1, 0.15) is 37.0 Å². The van der Waals surface area contributed by atoms with E-state index in [1.807, 2.05) is 6.07 Å². The van der Waals surface area contributed by atoms with Crippen LogP contribution in [0.25, 0.3) is 0 Å². The molecule has 1 fully saturated rings. The molecule has 0 spiro atoms. The summed E-state index contributed by atoms with van der Waals surface area (Å²) in [6.45, 7) is 0. The fourth-order valence-electron chi connectivity index (χ4n) is 2.72. The highest BCUT2D eigenvalue weighted by atomic mass is 32.1. The highest BCUT2D eigenvalue weighted by Crippen LogP contribution is 2.26. The quantitative estimate of drug-likeness (QED) is 0.325. The van der Waals surface area contributed by atoms with Crippen LogP contribution in [0.2, 0.25) is 0 Å². The largest absolute Gasteiger partial charge is 0.409 e. The third kappa shape index (κ3) is 3.96. The van der Waals surface area contributed by atoms with Crippen molar-refractivity contribution in [1.82, 2.24) is 5.32 Å². The van der Waals surface area contributed by atoms with Gasteiger partial charge in [-0.25, -0.2) is 0 Å². The van der Waals surface area contributed by atoms with Gasteiger partial charge >= 0.3 is 0 Å². The first-order valence-corrected chi connectivity index (χ1v) is 7.88. The number of nitrogens with zero attached hydrogens (tertiary/aromatic N) is 1. The first-order chi connectivity index (χ1) is 9.70. The third-order valence-corrected chi connectivity index (χ3v) is 4.70. The van der Waals surface area contributed by atoms with Gasteiger partial charge in [0.15, 0.2) is 0 Å². The van der Waals surface area contributed by atoms with Crippen molar-refractivity contribution >= 4 is 23.1 Å². The Balaban J connectivity index is 1.73. The molecule has 0 radical (unpaired) electrons. The van der Waals surface area contributed by atoms with Crippen molar-refractivity contribution in [2.24, 2.45) is 16.8 Å². The number of rotatable bonds is 6. The van der Waals surface area contributed by atoms with Crippen molar-refractivity contribution in [1.29, 1.82) is 0 Å². The van der Waals surface area contributed by atoms with Crippen molar-refractivity contribution in [3.8, 4) is 0 Å². The molecule has 1 saturated carbocycles. The second kappa shape index (κ2) is 7.28. The Hall–Kier alpha value is -1.56. The molecule has 2 rings (SSSR count). The average molecular weight is 295 g/mol. The lowest BCUT2D eigenvalue weighted by atomic mass is 10.0. The number of nitrogens with one attached hydrogen (secondary N) is 1. The Morgan fingerprint density at radius 3 is 3.10 bits per heavy atom. The molecule has 0 bridgehead atoms. The summed E-state index contributed by atoms with van der Waals surface area (Å²) in [5.74, 6) is 0.261. The molecule has 1 aliphatic carbocycles. The monoisotopic (exact) mass is 295 g/mol. The van der Waals surface area contributed by atoms with Gasteiger partial charge < -0.3 is 16.3 Å². The molecule has 2 atom stereocenters. The van der Waals surface area contributed by atoms with Gasteiger partial charge in [-0.05, 0) is 37.1 Å². The topological polar surface area (TPSA) is 87.7 Å². The van der Waals surface area contributed by atoms with Crippen LogP contribution in [-0.4, -0.2) is 23.0 Å². The Morgan fingerprint density at radius 1 is 1.55 bits per heavy atom. The molecule has 6 heteroatoms. The maximum Gasteiger partial charge on any atom is 0.220 e. The number of oxime groups is 1. The van der Waals surface area contributed by atoms with Gasteiger partial charge in [0.05, 0.1) is 0 Å². The molecule has 5 nitrogen and oxygen atoms in total. The zero-order chi connectivity index (χ0) is 14.4. The van der Waals surface area contributed by atoms with E-state index >= 15 is 0 Å². The van der Waals surface area contributed by atoms with Crippen LogP contribution in [0.4, 0.5) is 0 Å². The minimum atomic E-state index is -0.0266. The van der Waals surface area contributed by atoms with E-state index in [0.29, 0.717) is 6.42 Å². The fraction of sp³-hybridized carbons (Fsp3) is 0.571. The number of hydrogen-bond donors (Lipinski definition) is 3. The Bertz CT molecular complexity index is 459. The molecule has 20 heavy (non-hydrogen) atoms. The van der Waals surface area contributed by atoms with E-state index in [1.165, 1.54) is 4.88 Å². The van der Waals surface area contributed by atoms with Gasteiger partial charge in [0, 0.05) is 23.3 Å². The highest BCUT2D eigenvalue weighted by molar-refractivity contribution is 7.09. The van der Waals surface area contributed by atoms with Crippen LogP contribution >= 0.6 is 11.3 Å². The van der Waals surface area contributed by atoms with Crippen molar-refractivity contribution in [3.05, 3.63) is 22.4 Å². The minimum Gasteiger partial charge on any atom is -0.409 e. The number of amidine groups is 1. The number of hydrogen-bond acceptors (Lipinski definition) is 4. The molecule has 1 heterocycles. The lowest BCUT2D eigenvalue weighted by Crippen LogP contribution is -2.42. The summed E-state index contributed by atoms with van der Waals surface area (Å²) in [4.78, 5) is 13.2. The summed E-state index contributed by atoms with van der Waals surface area (Å²) in [7, 11) is 0. The van der Waals surface area contributed by atoms with Crippen LogP contribution in [0.3, 0.4) is 0 Å². The molecular weight excluding hydrogens is 274 g/mol. The van der Waals surface area contributed by atoms with E-state index in [1.54, 1.807) is 11.3 Å². The molecule has 0 saturated heterocycles. The second-order valence-electron chi connectivity index (χ2n) is 5.17. The molecule has 2 unspecified atom stereocenters. The normalized spacial score (nSPS) is 22.9. The van der Waals surface area contributed by atoms with Gasteiger partial charge in [-0.1, -0.05) is 17.6 Å². The summed E-state index contributed by atoms with van der Waals surface area (Å²) in [6.07, 6.45) is 5.10. The molecule has 1 aromatic rings. The first kappa shape index (κ1) is 14.8. The van der Waals surface area contributed by atoms with Crippen LogP contribution in [0.5, 0.6) is 0 Å². The summed E-state index contributed by atoms with van der Waals surface area (Å²) in [6, 6.07) is 4.13. The smallest absolute Gasteiger partial charge is 0.220 e. The lowest BCUT2D eigenvalue weighted by molar-refractivity contribution is -0.122. The van der Waals surface area contributed by atoms with Gasteiger partial charge in [-0.2, -0.15) is 0 Å². The summed E-state index contributed by atoms with van der Waals surface area (Å²) in [5, 5.41) is 16.9. The number of carbonyl (C=O) groups is 1. The van der Waals surface area contributed by atoms with Gasteiger partial charge in [0.1, 0.15) is 5.84 Å². The number of amides is 1. The van der Waals surface area contributed by atoms with Crippen LogP contribution < -0.4 is 11.1 Å². The lowest BCUT2D eigenvalue weighted by Gasteiger charge is -2.19. The van der Waals surface area contributed by atoms with Crippen molar-refractivity contribution in [2.45, 2.75) is 44.6 Å². The average Bonchev–Trinajstić information content (AvgIpc) is 3.09. The predicted molar refractivity (Wildman–Crippen MR) is 79.9 cm³/mol. The summed E-state index contributed by atoms with van der Waals surface area (Å²) < 4.78 is 0. The maximum absolute atomic E-state index is 11.9. The molecule has 1 aliphatic rings. The van der Waals surface area contributed by atoms with Crippen molar-refractivity contribution < 1.29 is 10.0 Å². The zero-order valence-electron chi connectivity index (χ0n) is 11.4. The molecule has 1 amide bonds. The Kier molecular flexibility index (Phi) is 5.40. The molecule has 110 valence electrons. The van der Waals surface area contributed by atoms with Crippen LogP contribution in [-0.2, 0) is 11.2 Å². The number of thiophene rings is 1. The van der Waals surface area contributed by atoms with Gasteiger partial charge in [-0.15, -0.1) is 11.3 Å². The second-order valence-corrected chi connectivity index (χ2v) is 6.20. The van der Waals surface area contributed by atoms with Crippen molar-refractivity contribution in [2.75, 3.05) is 0 Å². The standard InChI is InChI=1S/C14H21N3O2S/c15-14(17-19)11-6-2-7-12(11)16-13(18)8-1-4-10-5-3-9-20-10/h3,5,9,11-12,19H,1-2,4,6-8H2,(H2,15,17)(H,16,18). The van der Waals surface area contributed by atoms with E-state index in [4.69, 9.17) is 10.9 Å². The molecule has 0 aliphatic heterocycles.